The number of nitrogens with one attached hydrogen (secondary N) is 1. The number of benzene rings is 2. The van der Waals surface area contributed by atoms with Gasteiger partial charge in [-0.3, -0.25) is 0 Å². The second-order valence-corrected chi connectivity index (χ2v) is 6.83. The number of sulfonamides is 1. The van der Waals surface area contributed by atoms with Crippen LogP contribution in [0, 0.1) is 5.82 Å². The van der Waals surface area contributed by atoms with E-state index in [2.05, 4.69) is 0 Å². The normalized spacial score (nSPS) is 11.3. The van der Waals surface area contributed by atoms with Gasteiger partial charge in [0, 0.05) is 6.07 Å². The fourth-order valence-electron chi connectivity index (χ4n) is 2.06. The lowest BCUT2D eigenvalue weighted by Crippen LogP contribution is -2.22. The van der Waals surface area contributed by atoms with Crippen molar-refractivity contribution in [1.29, 1.82) is 0 Å². The van der Waals surface area contributed by atoms with Crippen LogP contribution in [0.2, 0.25) is 0 Å². The predicted molar refractivity (Wildman–Crippen MR) is 88.9 cm³/mol. The first-order valence-corrected chi connectivity index (χ1v) is 8.63. The van der Waals surface area contributed by atoms with Gasteiger partial charge in [-0.15, -0.1) is 0 Å². The van der Waals surface area contributed by atoms with Gasteiger partial charge in [-0.25, -0.2) is 9.22 Å². The summed E-state index contributed by atoms with van der Waals surface area (Å²) in [4.78, 5) is 1.73. The highest BCUT2D eigenvalue weighted by atomic mass is 32.2. The number of nitrogens with zero attached hydrogens (tertiary/aromatic N) is 1. The van der Waals surface area contributed by atoms with Crippen molar-refractivity contribution >= 4 is 10.0 Å². The van der Waals surface area contributed by atoms with Crippen LogP contribution in [0.25, 0.3) is 0 Å². The summed E-state index contributed by atoms with van der Waals surface area (Å²) in [5, 5.41) is 28.3. The highest BCUT2D eigenvalue weighted by Crippen LogP contribution is 2.32. The van der Waals surface area contributed by atoms with Crippen molar-refractivity contribution < 1.29 is 32.9 Å². The molecule has 0 radical (unpaired) electrons. The van der Waals surface area contributed by atoms with E-state index in [4.69, 9.17) is 4.74 Å². The van der Waals surface area contributed by atoms with Gasteiger partial charge in [-0.2, -0.15) is 13.1 Å². The lowest BCUT2D eigenvalue weighted by molar-refractivity contribution is 0.371. The van der Waals surface area contributed by atoms with E-state index >= 15 is 0 Å². The zero-order chi connectivity index (χ0) is 18.9. The Labute approximate surface area is 147 Å². The van der Waals surface area contributed by atoms with Gasteiger partial charge in [0.25, 0.3) is 15.9 Å². The molecule has 0 amide bonds. The van der Waals surface area contributed by atoms with Gasteiger partial charge in [0.2, 0.25) is 5.88 Å². The van der Waals surface area contributed by atoms with E-state index in [1.807, 2.05) is 4.83 Å². The van der Waals surface area contributed by atoms with Gasteiger partial charge >= 0.3 is 0 Å². The highest BCUT2D eigenvalue weighted by Gasteiger charge is 2.20. The fourth-order valence-corrected chi connectivity index (χ4v) is 3.08. The minimum Gasteiger partial charge on any atom is -0.503 e. The summed E-state index contributed by atoms with van der Waals surface area (Å²) in [6.07, 6.45) is 0. The molecule has 136 valence electrons. The molecule has 1 aromatic heterocycles. The monoisotopic (exact) mass is 380 g/mol. The maximum atomic E-state index is 12.9. The summed E-state index contributed by atoms with van der Waals surface area (Å²) in [6.45, 7) is 0. The van der Waals surface area contributed by atoms with Crippen LogP contribution in [0.3, 0.4) is 0 Å². The van der Waals surface area contributed by atoms with Crippen molar-refractivity contribution in [2.45, 2.75) is 4.90 Å². The number of hydrogen-bond acceptors (Lipinski definition) is 6. The van der Waals surface area contributed by atoms with Crippen molar-refractivity contribution in [3.8, 4) is 29.0 Å². The van der Waals surface area contributed by atoms with Crippen molar-refractivity contribution in [3.05, 3.63) is 60.4 Å². The molecule has 0 aliphatic carbocycles. The van der Waals surface area contributed by atoms with Crippen LogP contribution >= 0.6 is 0 Å². The summed E-state index contributed by atoms with van der Waals surface area (Å²) in [6, 6.07) is 11.3. The zero-order valence-corrected chi connectivity index (χ0v) is 13.8. The standard InChI is InChI=1S/C16H13FN2O6S/c17-10-1-3-11(4-2-10)25-12-5-7-13(8-6-12)26(23,24)18-19-15(21)9-14(20)16(19)22/h1-9,18,20-22H. The number of hydrogen-bond donors (Lipinski definition) is 4. The summed E-state index contributed by atoms with van der Waals surface area (Å²) in [7, 11) is -4.16. The van der Waals surface area contributed by atoms with E-state index < -0.39 is 33.4 Å². The molecule has 26 heavy (non-hydrogen) atoms. The van der Waals surface area contributed by atoms with Gasteiger partial charge in [0.05, 0.1) is 4.90 Å². The van der Waals surface area contributed by atoms with E-state index in [-0.39, 0.29) is 4.90 Å². The number of rotatable bonds is 5. The number of aromatic hydroxyl groups is 3. The Morgan fingerprint density at radius 2 is 1.46 bits per heavy atom. The van der Waals surface area contributed by atoms with Crippen LogP contribution in [0.1, 0.15) is 0 Å². The minimum absolute atomic E-state index is 0.184. The second-order valence-electron chi connectivity index (χ2n) is 5.17. The number of ether oxygens (including phenoxy) is 1. The summed E-state index contributed by atoms with van der Waals surface area (Å²) >= 11 is 0. The molecule has 0 saturated heterocycles. The molecule has 0 spiro atoms. The second kappa shape index (κ2) is 6.48. The quantitative estimate of drug-likeness (QED) is 0.540. The molecule has 0 bridgehead atoms. The molecule has 3 rings (SSSR count). The Morgan fingerprint density at radius 3 is 1.96 bits per heavy atom. The Balaban J connectivity index is 1.79. The summed E-state index contributed by atoms with van der Waals surface area (Å²) in [5.41, 5.74) is 0. The van der Waals surface area contributed by atoms with Crippen LogP contribution in [-0.4, -0.2) is 28.4 Å². The molecule has 0 fully saturated rings. The Bertz CT molecular complexity index is 1030. The van der Waals surface area contributed by atoms with E-state index in [1.54, 1.807) is 0 Å². The molecule has 10 heteroatoms. The molecule has 2 aromatic carbocycles. The third-order valence-electron chi connectivity index (χ3n) is 3.33. The molecular formula is C16H13FN2O6S. The van der Waals surface area contributed by atoms with E-state index in [1.165, 1.54) is 48.5 Å². The Kier molecular flexibility index (Phi) is 4.34. The molecular weight excluding hydrogens is 367 g/mol. The average Bonchev–Trinajstić information content (AvgIpc) is 2.83. The molecule has 1 heterocycles. The molecule has 0 unspecified atom stereocenters. The van der Waals surface area contributed by atoms with Crippen LogP contribution in [0.4, 0.5) is 4.39 Å². The first-order chi connectivity index (χ1) is 12.3. The van der Waals surface area contributed by atoms with Crippen LogP contribution in [0.5, 0.6) is 29.0 Å². The van der Waals surface area contributed by atoms with Crippen LogP contribution < -0.4 is 9.57 Å². The highest BCUT2D eigenvalue weighted by molar-refractivity contribution is 7.92. The number of halogens is 1. The molecule has 0 atom stereocenters. The van der Waals surface area contributed by atoms with Gasteiger partial charge in [-0.05, 0) is 48.5 Å². The Morgan fingerprint density at radius 1 is 0.923 bits per heavy atom. The fraction of sp³-hybridized carbons (Fsp3) is 0. The van der Waals surface area contributed by atoms with Gasteiger partial charge < -0.3 is 20.1 Å². The summed E-state index contributed by atoms with van der Waals surface area (Å²) < 4.78 is 43.3. The third-order valence-corrected chi connectivity index (χ3v) is 4.65. The number of aromatic nitrogens is 1. The van der Waals surface area contributed by atoms with E-state index in [0.717, 1.165) is 6.07 Å². The molecule has 0 aliphatic rings. The maximum absolute atomic E-state index is 12.9. The predicted octanol–water partition coefficient (Wildman–Crippen LogP) is 2.47. The van der Waals surface area contributed by atoms with Crippen molar-refractivity contribution in [2.24, 2.45) is 0 Å². The average molecular weight is 380 g/mol. The van der Waals surface area contributed by atoms with Crippen LogP contribution in [0.15, 0.2) is 59.5 Å². The molecule has 0 saturated carbocycles. The van der Waals surface area contributed by atoms with E-state index in [9.17, 15) is 28.1 Å². The molecule has 3 aromatic rings. The van der Waals surface area contributed by atoms with E-state index in [0.29, 0.717) is 16.2 Å². The van der Waals surface area contributed by atoms with Gasteiger partial charge in [0.1, 0.15) is 17.3 Å². The SMILES string of the molecule is O=S(=O)(Nn1c(O)cc(O)c1O)c1ccc(Oc2ccc(F)cc2)cc1. The third kappa shape index (κ3) is 3.49. The minimum atomic E-state index is -4.16. The first-order valence-electron chi connectivity index (χ1n) is 7.15. The molecule has 8 nitrogen and oxygen atoms in total. The van der Waals surface area contributed by atoms with Crippen LogP contribution in [-0.2, 0) is 10.0 Å². The van der Waals surface area contributed by atoms with Crippen molar-refractivity contribution in [2.75, 3.05) is 4.83 Å². The van der Waals surface area contributed by atoms with Crippen molar-refractivity contribution in [3.63, 3.8) is 0 Å². The lowest BCUT2D eigenvalue weighted by Gasteiger charge is -2.11. The maximum Gasteiger partial charge on any atom is 0.275 e. The zero-order valence-electron chi connectivity index (χ0n) is 13.0. The summed E-state index contributed by atoms with van der Waals surface area (Å²) in [5.74, 6) is -1.96. The smallest absolute Gasteiger partial charge is 0.275 e. The molecule has 4 N–H and O–H groups in total. The van der Waals surface area contributed by atoms with Crippen molar-refractivity contribution in [1.82, 2.24) is 4.68 Å². The lowest BCUT2D eigenvalue weighted by atomic mass is 10.3. The first kappa shape index (κ1) is 17.4. The van der Waals surface area contributed by atoms with Gasteiger partial charge in [-0.1, -0.05) is 0 Å². The van der Waals surface area contributed by atoms with Gasteiger partial charge in [0.15, 0.2) is 5.75 Å². The molecule has 0 aliphatic heterocycles. The topological polar surface area (TPSA) is 121 Å². The largest absolute Gasteiger partial charge is 0.503 e. The Hall–Kier alpha value is -3.40.